The van der Waals surface area contributed by atoms with E-state index in [2.05, 4.69) is 23.3 Å². The van der Waals surface area contributed by atoms with E-state index in [1.807, 2.05) is 6.08 Å². The van der Waals surface area contributed by atoms with Crippen LogP contribution in [0.25, 0.3) is 0 Å². The van der Waals surface area contributed by atoms with E-state index in [9.17, 15) is 43.3 Å². The number of hydrogen-bond donors (Lipinski definition) is 7. The average Bonchev–Trinajstić information content (AvgIpc) is 3.25. The van der Waals surface area contributed by atoms with Crippen LogP contribution in [0.2, 0.25) is 0 Å². The molecular weight excluding hydrogens is 827 g/mol. The molecule has 1 aliphatic heterocycles. The molecule has 1 saturated heterocycles. The number of carbonyl (C=O) groups is 1. The van der Waals surface area contributed by atoms with Crippen LogP contribution < -0.4 is 5.32 Å². The Morgan fingerprint density at radius 2 is 1.03 bits per heavy atom. The van der Waals surface area contributed by atoms with Crippen molar-refractivity contribution in [3.05, 3.63) is 12.2 Å². The summed E-state index contributed by atoms with van der Waals surface area (Å²) >= 11 is 0. The van der Waals surface area contributed by atoms with Gasteiger partial charge in [0, 0.05) is 0 Å². The lowest BCUT2D eigenvalue weighted by molar-refractivity contribution is -0.298. The van der Waals surface area contributed by atoms with Crippen LogP contribution in [0, 0.1) is 0 Å². The molecule has 0 aromatic heterocycles. The highest BCUT2D eigenvalue weighted by Crippen LogP contribution is 2.26. The number of unbranched alkanes of at least 4 members (excludes halogenated alkanes) is 31. The number of aliphatic hydroxyl groups excluding tert-OH is 5. The van der Waals surface area contributed by atoms with Crippen LogP contribution >= 0.6 is 0 Å². The largest absolute Gasteiger partial charge is 0.397 e. The van der Waals surface area contributed by atoms with Gasteiger partial charge in [-0.05, 0) is 19.3 Å². The maximum absolute atomic E-state index is 13.1. The van der Waals surface area contributed by atoms with Crippen molar-refractivity contribution in [2.45, 2.75) is 281 Å². The fourth-order valence-electron chi connectivity index (χ4n) is 8.34. The zero-order chi connectivity index (χ0) is 46.4. The SMILES string of the molecule is CCCCCCCCCCCCCCCCCC/C=C/C(O)C(COC1OC(CO)C(O)C(OS(=O)(=O)O)C1O)NC(=O)C(O)CCCCCCCCCCCCCCCCCC. The van der Waals surface area contributed by atoms with E-state index in [4.69, 9.17) is 9.47 Å². The van der Waals surface area contributed by atoms with Crippen LogP contribution in [0.1, 0.15) is 232 Å². The van der Waals surface area contributed by atoms with E-state index < -0.39 is 78.5 Å². The molecule has 374 valence electrons. The Kier molecular flexibility index (Phi) is 37.9. The van der Waals surface area contributed by atoms with Crippen LogP contribution in [-0.4, -0.2) is 107 Å². The Balaban J connectivity index is 2.52. The van der Waals surface area contributed by atoms with Gasteiger partial charge >= 0.3 is 10.4 Å². The van der Waals surface area contributed by atoms with E-state index in [0.29, 0.717) is 12.8 Å². The Labute approximate surface area is 383 Å². The van der Waals surface area contributed by atoms with Gasteiger partial charge < -0.3 is 40.3 Å². The summed E-state index contributed by atoms with van der Waals surface area (Å²) in [5.74, 6) is -0.698. The maximum atomic E-state index is 13.1. The molecule has 0 saturated carbocycles. The van der Waals surface area contributed by atoms with Gasteiger partial charge in [-0.25, -0.2) is 4.18 Å². The summed E-state index contributed by atoms with van der Waals surface area (Å²) in [6, 6.07) is -1.11. The summed E-state index contributed by atoms with van der Waals surface area (Å²) in [5, 5.41) is 55.4. The highest BCUT2D eigenvalue weighted by molar-refractivity contribution is 7.80. The van der Waals surface area contributed by atoms with Gasteiger partial charge in [0.1, 0.15) is 30.5 Å². The molecular formula is C49H95NO12S. The number of allylic oxidation sites excluding steroid dienone is 1. The number of aliphatic hydroxyl groups is 5. The van der Waals surface area contributed by atoms with Crippen molar-refractivity contribution in [2.24, 2.45) is 0 Å². The molecule has 1 amide bonds. The Morgan fingerprint density at radius 1 is 0.635 bits per heavy atom. The lowest BCUT2D eigenvalue weighted by Gasteiger charge is -2.41. The van der Waals surface area contributed by atoms with E-state index in [1.54, 1.807) is 6.08 Å². The van der Waals surface area contributed by atoms with E-state index in [1.165, 1.54) is 161 Å². The van der Waals surface area contributed by atoms with Crippen molar-refractivity contribution in [2.75, 3.05) is 13.2 Å². The third-order valence-corrected chi connectivity index (χ3v) is 12.9. The number of ether oxygens (including phenoxy) is 2. The Bertz CT molecular complexity index is 1190. The molecule has 14 heteroatoms. The van der Waals surface area contributed by atoms with Crippen molar-refractivity contribution in [1.29, 1.82) is 0 Å². The first-order valence-electron chi connectivity index (χ1n) is 25.7. The molecule has 1 aliphatic rings. The van der Waals surface area contributed by atoms with Crippen molar-refractivity contribution in [1.82, 2.24) is 5.32 Å². The van der Waals surface area contributed by atoms with Gasteiger partial charge in [-0.2, -0.15) is 8.42 Å². The molecule has 8 atom stereocenters. The molecule has 0 aromatic carbocycles. The molecule has 7 N–H and O–H groups in total. The molecule has 1 heterocycles. The quantitative estimate of drug-likeness (QED) is 0.0173. The summed E-state index contributed by atoms with van der Waals surface area (Å²) in [4.78, 5) is 13.1. The first kappa shape index (κ1) is 59.8. The Morgan fingerprint density at radius 3 is 1.43 bits per heavy atom. The van der Waals surface area contributed by atoms with Gasteiger partial charge in [0.05, 0.1) is 25.4 Å². The van der Waals surface area contributed by atoms with Crippen LogP contribution in [0.4, 0.5) is 0 Å². The zero-order valence-electron chi connectivity index (χ0n) is 39.8. The fourth-order valence-corrected chi connectivity index (χ4v) is 8.85. The van der Waals surface area contributed by atoms with Gasteiger partial charge in [-0.3, -0.25) is 9.35 Å². The van der Waals surface area contributed by atoms with Gasteiger partial charge in [0.15, 0.2) is 6.29 Å². The van der Waals surface area contributed by atoms with Gasteiger partial charge in [0.25, 0.3) is 0 Å². The lowest BCUT2D eigenvalue weighted by atomic mass is 9.99. The predicted octanol–water partition coefficient (Wildman–Crippen LogP) is 9.70. The minimum atomic E-state index is -5.12. The average molecular weight is 922 g/mol. The Hall–Kier alpha value is -1.20. The van der Waals surface area contributed by atoms with Crippen molar-refractivity contribution in [3.8, 4) is 0 Å². The van der Waals surface area contributed by atoms with Crippen LogP contribution in [-0.2, 0) is 28.9 Å². The monoisotopic (exact) mass is 922 g/mol. The van der Waals surface area contributed by atoms with E-state index in [0.717, 1.165) is 38.5 Å². The molecule has 13 nitrogen and oxygen atoms in total. The smallest absolute Gasteiger partial charge is 0.394 e. The fraction of sp³-hybridized carbons (Fsp3) is 0.939. The normalized spacial score (nSPS) is 20.9. The van der Waals surface area contributed by atoms with Gasteiger partial charge in [-0.1, -0.05) is 225 Å². The number of hydrogen-bond acceptors (Lipinski definition) is 11. The predicted molar refractivity (Wildman–Crippen MR) is 252 cm³/mol. The topological polar surface area (TPSA) is 212 Å². The van der Waals surface area contributed by atoms with Crippen LogP contribution in [0.5, 0.6) is 0 Å². The van der Waals surface area contributed by atoms with E-state index in [-0.39, 0.29) is 6.42 Å². The van der Waals surface area contributed by atoms with E-state index >= 15 is 0 Å². The number of carbonyl (C=O) groups excluding carboxylic acids is 1. The molecule has 1 rings (SSSR count). The summed E-state index contributed by atoms with van der Waals surface area (Å²) in [7, 11) is -5.12. The molecule has 0 aromatic rings. The number of amides is 1. The highest BCUT2D eigenvalue weighted by atomic mass is 32.3. The first-order chi connectivity index (χ1) is 30.4. The lowest BCUT2D eigenvalue weighted by Crippen LogP contribution is -2.61. The van der Waals surface area contributed by atoms with Crippen molar-refractivity contribution < 1.29 is 57.0 Å². The summed E-state index contributed by atoms with van der Waals surface area (Å²) in [5.41, 5.74) is 0. The molecule has 63 heavy (non-hydrogen) atoms. The van der Waals surface area contributed by atoms with Crippen molar-refractivity contribution >= 4 is 16.3 Å². The molecule has 0 spiro atoms. The zero-order valence-corrected chi connectivity index (χ0v) is 40.6. The first-order valence-corrected chi connectivity index (χ1v) is 27.0. The summed E-state index contributed by atoms with van der Waals surface area (Å²) in [6.07, 6.45) is 32.8. The minimum Gasteiger partial charge on any atom is -0.394 e. The second kappa shape index (κ2) is 39.9. The number of nitrogens with one attached hydrogen (secondary N) is 1. The van der Waals surface area contributed by atoms with Crippen LogP contribution in [0.3, 0.4) is 0 Å². The van der Waals surface area contributed by atoms with Crippen molar-refractivity contribution in [3.63, 3.8) is 0 Å². The summed E-state index contributed by atoms with van der Waals surface area (Å²) in [6.45, 7) is 3.25. The third-order valence-electron chi connectivity index (χ3n) is 12.4. The molecule has 8 unspecified atom stereocenters. The molecule has 0 bridgehead atoms. The second-order valence-corrected chi connectivity index (χ2v) is 19.3. The van der Waals surface area contributed by atoms with Gasteiger partial charge in [-0.15, -0.1) is 0 Å². The van der Waals surface area contributed by atoms with Gasteiger partial charge in [0.2, 0.25) is 5.91 Å². The minimum absolute atomic E-state index is 0.248. The second-order valence-electron chi connectivity index (χ2n) is 18.3. The standard InChI is InChI=1S/C49H95NO12S/c1-3-5-7-9-11-13-15-17-19-21-22-24-25-27-29-31-33-35-37-42(52)41(40-60-49-46(55)47(62-63(57,58)59)45(54)44(39-51)61-49)50-48(56)43(53)38-36-34-32-30-28-26-23-20-18-16-14-12-10-8-6-4-2/h35,37,41-47,49,51-55H,3-34,36,38-40H2,1-2H3,(H,50,56)(H,57,58,59)/b37-35+. The van der Waals surface area contributed by atoms with Crippen LogP contribution in [0.15, 0.2) is 12.2 Å². The number of rotatable bonds is 44. The molecule has 1 fully saturated rings. The highest BCUT2D eigenvalue weighted by Gasteiger charge is 2.48. The summed E-state index contributed by atoms with van der Waals surface area (Å²) < 4.78 is 47.6. The maximum Gasteiger partial charge on any atom is 0.397 e. The molecule has 0 radical (unpaired) electrons. The third kappa shape index (κ3) is 32.2. The molecule has 0 aliphatic carbocycles.